The van der Waals surface area contributed by atoms with E-state index < -0.39 is 5.97 Å². The van der Waals surface area contributed by atoms with E-state index in [1.807, 2.05) is 17.7 Å². The van der Waals surface area contributed by atoms with E-state index in [1.165, 1.54) is 18.9 Å². The van der Waals surface area contributed by atoms with Gasteiger partial charge in [0.25, 0.3) is 0 Å². The zero-order valence-electron chi connectivity index (χ0n) is 11.5. The molecule has 0 unspecified atom stereocenters. The summed E-state index contributed by atoms with van der Waals surface area (Å²) in [4.78, 5) is 11.5. The first-order valence-electron chi connectivity index (χ1n) is 5.95. The van der Waals surface area contributed by atoms with Crippen molar-refractivity contribution >= 4 is 17.7 Å². The van der Waals surface area contributed by atoms with Crippen LogP contribution in [0.2, 0.25) is 0 Å². The molecule has 2 rings (SSSR count). The Hall–Kier alpha value is -1.80. The maximum atomic E-state index is 11.5. The average molecular weight is 296 g/mol. The lowest BCUT2D eigenvalue weighted by atomic mass is 10.3. The van der Waals surface area contributed by atoms with E-state index >= 15 is 0 Å². The molecule has 0 aromatic carbocycles. The number of carbonyl (C=O) groups excluding carboxylic acids is 1. The zero-order chi connectivity index (χ0) is 14.7. The number of hydrogen-bond donors (Lipinski definition) is 1. The number of hydrogen-bond acceptors (Lipinski definition) is 7. The van der Waals surface area contributed by atoms with Gasteiger partial charge in [0.1, 0.15) is 11.6 Å². The van der Waals surface area contributed by atoms with Gasteiger partial charge in [0, 0.05) is 12.6 Å². The SMILES string of the molecule is COC(=O)c1oc(CSc2nnc(CN)n2C)cc1C. The molecule has 7 nitrogen and oxygen atoms in total. The van der Waals surface area contributed by atoms with Gasteiger partial charge in [-0.05, 0) is 13.0 Å². The Morgan fingerprint density at radius 3 is 2.90 bits per heavy atom. The van der Waals surface area contributed by atoms with Crippen LogP contribution in [0.15, 0.2) is 15.6 Å². The van der Waals surface area contributed by atoms with Crippen LogP contribution in [0.25, 0.3) is 0 Å². The summed E-state index contributed by atoms with van der Waals surface area (Å²) in [6, 6.07) is 1.82. The molecule has 0 radical (unpaired) electrons. The Kier molecular flexibility index (Phi) is 4.46. The summed E-state index contributed by atoms with van der Waals surface area (Å²) in [6.45, 7) is 2.15. The molecule has 8 heteroatoms. The second-order valence-corrected chi connectivity index (χ2v) is 5.11. The van der Waals surface area contributed by atoms with Gasteiger partial charge in [-0.15, -0.1) is 10.2 Å². The summed E-state index contributed by atoms with van der Waals surface area (Å²) in [5.41, 5.74) is 6.30. The molecule has 0 fully saturated rings. The molecule has 0 bridgehead atoms. The molecule has 2 aromatic rings. The topological polar surface area (TPSA) is 96.2 Å². The Labute approximate surface area is 120 Å². The molecule has 108 valence electrons. The molecule has 0 saturated carbocycles. The number of aryl methyl sites for hydroxylation is 1. The number of methoxy groups -OCH3 is 1. The van der Waals surface area contributed by atoms with E-state index in [9.17, 15) is 4.79 Å². The maximum Gasteiger partial charge on any atom is 0.374 e. The minimum Gasteiger partial charge on any atom is -0.463 e. The summed E-state index contributed by atoms with van der Waals surface area (Å²) in [7, 11) is 3.18. The van der Waals surface area contributed by atoms with Gasteiger partial charge >= 0.3 is 5.97 Å². The average Bonchev–Trinajstić information content (AvgIpc) is 2.99. The van der Waals surface area contributed by atoms with E-state index in [0.29, 0.717) is 18.1 Å². The first-order valence-corrected chi connectivity index (χ1v) is 6.94. The summed E-state index contributed by atoms with van der Waals surface area (Å²) in [6.07, 6.45) is 0. The fraction of sp³-hybridized carbons (Fsp3) is 0.417. The predicted molar refractivity (Wildman–Crippen MR) is 73.2 cm³/mol. The van der Waals surface area contributed by atoms with Gasteiger partial charge in [0.2, 0.25) is 5.76 Å². The normalized spacial score (nSPS) is 10.8. The number of rotatable bonds is 5. The Morgan fingerprint density at radius 2 is 2.30 bits per heavy atom. The Morgan fingerprint density at radius 1 is 1.55 bits per heavy atom. The van der Waals surface area contributed by atoms with E-state index in [-0.39, 0.29) is 5.76 Å². The van der Waals surface area contributed by atoms with Crippen molar-refractivity contribution in [2.45, 2.75) is 24.4 Å². The van der Waals surface area contributed by atoms with Gasteiger partial charge < -0.3 is 19.5 Å². The van der Waals surface area contributed by atoms with Crippen LogP contribution in [0, 0.1) is 6.92 Å². The fourth-order valence-corrected chi connectivity index (χ4v) is 2.51. The van der Waals surface area contributed by atoms with Crippen LogP contribution >= 0.6 is 11.8 Å². The van der Waals surface area contributed by atoms with Crippen molar-refractivity contribution in [3.05, 3.63) is 29.0 Å². The number of aromatic nitrogens is 3. The molecule has 0 amide bonds. The van der Waals surface area contributed by atoms with Crippen molar-refractivity contribution in [2.24, 2.45) is 12.8 Å². The number of esters is 1. The van der Waals surface area contributed by atoms with Crippen LogP contribution in [-0.4, -0.2) is 27.8 Å². The van der Waals surface area contributed by atoms with E-state index in [4.69, 9.17) is 10.2 Å². The molecule has 2 aromatic heterocycles. The van der Waals surface area contributed by atoms with Crippen LogP contribution in [0.1, 0.15) is 27.7 Å². The molecule has 0 aliphatic carbocycles. The number of nitrogens with two attached hydrogens (primary N) is 1. The number of nitrogens with zero attached hydrogens (tertiary/aromatic N) is 3. The lowest BCUT2D eigenvalue weighted by molar-refractivity contribution is 0.0562. The van der Waals surface area contributed by atoms with Crippen molar-refractivity contribution < 1.29 is 13.9 Å². The molecule has 20 heavy (non-hydrogen) atoms. The molecular formula is C12H16N4O3S. The van der Waals surface area contributed by atoms with Crippen LogP contribution in [0.5, 0.6) is 0 Å². The summed E-state index contributed by atoms with van der Waals surface area (Å²) >= 11 is 1.47. The van der Waals surface area contributed by atoms with E-state index in [2.05, 4.69) is 14.9 Å². The summed E-state index contributed by atoms with van der Waals surface area (Å²) in [5.74, 6) is 1.73. The first-order chi connectivity index (χ1) is 9.56. The van der Waals surface area contributed by atoms with Crippen LogP contribution in [0.3, 0.4) is 0 Å². The number of ether oxygens (including phenoxy) is 1. The quantitative estimate of drug-likeness (QED) is 0.655. The monoisotopic (exact) mass is 296 g/mol. The highest BCUT2D eigenvalue weighted by atomic mass is 32.2. The summed E-state index contributed by atoms with van der Waals surface area (Å²) < 4.78 is 12.0. The van der Waals surface area contributed by atoms with Gasteiger partial charge in [-0.3, -0.25) is 0 Å². The smallest absolute Gasteiger partial charge is 0.374 e. The third kappa shape index (κ3) is 2.86. The highest BCUT2D eigenvalue weighted by molar-refractivity contribution is 7.98. The minimum atomic E-state index is -0.470. The summed E-state index contributed by atoms with van der Waals surface area (Å²) in [5, 5.41) is 8.77. The van der Waals surface area contributed by atoms with Crippen LogP contribution in [-0.2, 0) is 24.1 Å². The Balaban J connectivity index is 2.07. The van der Waals surface area contributed by atoms with E-state index in [0.717, 1.165) is 16.5 Å². The van der Waals surface area contributed by atoms with E-state index in [1.54, 1.807) is 6.92 Å². The van der Waals surface area contributed by atoms with Gasteiger partial charge in [0.15, 0.2) is 5.16 Å². The largest absolute Gasteiger partial charge is 0.463 e. The lowest BCUT2D eigenvalue weighted by Gasteiger charge is -2.00. The first kappa shape index (κ1) is 14.6. The lowest BCUT2D eigenvalue weighted by Crippen LogP contribution is -2.05. The predicted octanol–water partition coefficient (Wildman–Crippen LogP) is 1.25. The van der Waals surface area contributed by atoms with Gasteiger partial charge in [-0.1, -0.05) is 11.8 Å². The van der Waals surface area contributed by atoms with Crippen molar-refractivity contribution in [1.29, 1.82) is 0 Å². The highest BCUT2D eigenvalue weighted by Crippen LogP contribution is 2.24. The zero-order valence-corrected chi connectivity index (χ0v) is 12.4. The number of thioether (sulfide) groups is 1. The second kappa shape index (κ2) is 6.10. The molecule has 0 aliphatic heterocycles. The molecule has 2 heterocycles. The molecule has 0 spiro atoms. The maximum absolute atomic E-state index is 11.5. The third-order valence-corrected chi connectivity index (χ3v) is 3.83. The fourth-order valence-electron chi connectivity index (χ4n) is 1.70. The van der Waals surface area contributed by atoms with Crippen LogP contribution < -0.4 is 5.73 Å². The van der Waals surface area contributed by atoms with Crippen molar-refractivity contribution in [2.75, 3.05) is 7.11 Å². The van der Waals surface area contributed by atoms with Crippen molar-refractivity contribution in [1.82, 2.24) is 14.8 Å². The Bertz CT molecular complexity index is 620. The van der Waals surface area contributed by atoms with Gasteiger partial charge in [-0.2, -0.15) is 0 Å². The van der Waals surface area contributed by atoms with Crippen LogP contribution in [0.4, 0.5) is 0 Å². The molecule has 0 saturated heterocycles. The second-order valence-electron chi connectivity index (χ2n) is 4.17. The number of furan rings is 1. The highest BCUT2D eigenvalue weighted by Gasteiger charge is 2.17. The van der Waals surface area contributed by atoms with Crippen molar-refractivity contribution in [3.63, 3.8) is 0 Å². The van der Waals surface area contributed by atoms with Gasteiger partial charge in [0.05, 0.1) is 19.4 Å². The minimum absolute atomic E-state index is 0.240. The molecule has 0 atom stereocenters. The molecule has 2 N–H and O–H groups in total. The standard InChI is InChI=1S/C12H16N4O3S/c1-7-4-8(19-10(7)11(17)18-3)6-20-12-15-14-9(5-13)16(12)2/h4H,5-6,13H2,1-3H3. The van der Waals surface area contributed by atoms with Crippen molar-refractivity contribution in [3.8, 4) is 0 Å². The molecular weight excluding hydrogens is 280 g/mol. The third-order valence-electron chi connectivity index (χ3n) is 2.79. The molecule has 0 aliphatic rings. The number of carbonyl (C=O) groups is 1. The van der Waals surface area contributed by atoms with Gasteiger partial charge in [-0.25, -0.2) is 4.79 Å².